The number of hydrogen-bond acceptors (Lipinski definition) is 3. The monoisotopic (exact) mass is 248 g/mol. The molecular formula is C14H21BO3. The summed E-state index contributed by atoms with van der Waals surface area (Å²) in [4.78, 5) is 0. The van der Waals surface area contributed by atoms with Crippen LogP contribution in [0.15, 0.2) is 18.2 Å². The van der Waals surface area contributed by atoms with Gasteiger partial charge in [-0.05, 0) is 35.8 Å². The first-order chi connectivity index (χ1) is 8.38. The van der Waals surface area contributed by atoms with Gasteiger partial charge in [0.1, 0.15) is 5.75 Å². The van der Waals surface area contributed by atoms with E-state index in [1.165, 1.54) is 12.8 Å². The van der Waals surface area contributed by atoms with Crippen molar-refractivity contribution in [3.8, 4) is 5.75 Å². The molecule has 1 saturated carbocycles. The third kappa shape index (κ3) is 3.27. The minimum atomic E-state index is -1.48. The molecule has 18 heavy (non-hydrogen) atoms. The van der Waals surface area contributed by atoms with E-state index in [4.69, 9.17) is 4.74 Å². The largest absolute Gasteiger partial charge is 0.494 e. The molecule has 2 N–H and O–H groups in total. The highest BCUT2D eigenvalue weighted by Crippen LogP contribution is 2.30. The Morgan fingerprint density at radius 3 is 2.44 bits per heavy atom. The van der Waals surface area contributed by atoms with Crippen LogP contribution in [0.5, 0.6) is 5.75 Å². The van der Waals surface area contributed by atoms with Gasteiger partial charge in [0, 0.05) is 5.46 Å². The molecule has 98 valence electrons. The van der Waals surface area contributed by atoms with Crippen LogP contribution >= 0.6 is 0 Å². The first-order valence-corrected chi connectivity index (χ1v) is 6.51. The van der Waals surface area contributed by atoms with Crippen molar-refractivity contribution in [3.05, 3.63) is 23.8 Å². The van der Waals surface area contributed by atoms with Gasteiger partial charge in [-0.15, -0.1) is 0 Å². The Balaban J connectivity index is 2.24. The van der Waals surface area contributed by atoms with E-state index in [1.807, 2.05) is 12.1 Å². The normalized spacial score (nSPS) is 15.6. The molecule has 0 amide bonds. The second-order valence-electron chi connectivity index (χ2n) is 6.13. The zero-order valence-corrected chi connectivity index (χ0v) is 11.3. The standard InChI is InChI=1S/C14H21BO3/c1-14(2,3)11-6-7-12(15(16)17)13(8-11)18-9-10-4-5-10/h6-8,10,16-17H,4-5,9H2,1-3H3. The van der Waals surface area contributed by atoms with Crippen LogP contribution in [0.25, 0.3) is 0 Å². The van der Waals surface area contributed by atoms with Crippen molar-refractivity contribution < 1.29 is 14.8 Å². The van der Waals surface area contributed by atoms with Crippen LogP contribution in [0.3, 0.4) is 0 Å². The first-order valence-electron chi connectivity index (χ1n) is 6.51. The second-order valence-corrected chi connectivity index (χ2v) is 6.13. The van der Waals surface area contributed by atoms with Crippen LogP contribution in [-0.2, 0) is 5.41 Å². The lowest BCUT2D eigenvalue weighted by Crippen LogP contribution is -2.32. The zero-order valence-electron chi connectivity index (χ0n) is 11.3. The summed E-state index contributed by atoms with van der Waals surface area (Å²) in [7, 11) is -1.48. The van der Waals surface area contributed by atoms with Crippen molar-refractivity contribution in [3.63, 3.8) is 0 Å². The van der Waals surface area contributed by atoms with E-state index >= 15 is 0 Å². The van der Waals surface area contributed by atoms with Gasteiger partial charge >= 0.3 is 7.12 Å². The number of benzene rings is 1. The SMILES string of the molecule is CC(C)(C)c1ccc(B(O)O)c(OCC2CC2)c1. The van der Waals surface area contributed by atoms with E-state index in [1.54, 1.807) is 6.07 Å². The van der Waals surface area contributed by atoms with Crippen molar-refractivity contribution >= 4 is 12.6 Å². The number of hydrogen-bond donors (Lipinski definition) is 2. The van der Waals surface area contributed by atoms with Gasteiger partial charge in [0.05, 0.1) is 6.61 Å². The van der Waals surface area contributed by atoms with E-state index in [0.29, 0.717) is 23.7 Å². The van der Waals surface area contributed by atoms with E-state index in [2.05, 4.69) is 20.8 Å². The first kappa shape index (κ1) is 13.4. The Morgan fingerprint density at radius 1 is 1.28 bits per heavy atom. The molecule has 0 aliphatic heterocycles. The van der Waals surface area contributed by atoms with Crippen LogP contribution in [0.4, 0.5) is 0 Å². The van der Waals surface area contributed by atoms with Gasteiger partial charge < -0.3 is 14.8 Å². The molecule has 1 fully saturated rings. The highest BCUT2D eigenvalue weighted by molar-refractivity contribution is 6.59. The summed E-state index contributed by atoms with van der Waals surface area (Å²) in [6, 6.07) is 5.60. The van der Waals surface area contributed by atoms with Gasteiger partial charge in [0.2, 0.25) is 0 Å². The lowest BCUT2D eigenvalue weighted by atomic mass is 9.77. The van der Waals surface area contributed by atoms with Crippen LogP contribution in [0.1, 0.15) is 39.2 Å². The Morgan fingerprint density at radius 2 is 1.94 bits per heavy atom. The van der Waals surface area contributed by atoms with E-state index in [0.717, 1.165) is 5.56 Å². The van der Waals surface area contributed by atoms with Gasteiger partial charge in [0.15, 0.2) is 0 Å². The predicted octanol–water partition coefficient (Wildman–Crippen LogP) is 1.45. The summed E-state index contributed by atoms with van der Waals surface area (Å²) in [5.41, 5.74) is 1.61. The van der Waals surface area contributed by atoms with Gasteiger partial charge in [0.25, 0.3) is 0 Å². The minimum Gasteiger partial charge on any atom is -0.494 e. The maximum atomic E-state index is 9.35. The molecular weight excluding hydrogens is 227 g/mol. The fourth-order valence-electron chi connectivity index (χ4n) is 1.83. The highest BCUT2D eigenvalue weighted by atomic mass is 16.5. The quantitative estimate of drug-likeness (QED) is 0.793. The second kappa shape index (κ2) is 4.94. The molecule has 0 heterocycles. The lowest BCUT2D eigenvalue weighted by Gasteiger charge is -2.21. The summed E-state index contributed by atoms with van der Waals surface area (Å²) in [5.74, 6) is 1.25. The molecule has 1 aromatic rings. The molecule has 1 aliphatic carbocycles. The summed E-state index contributed by atoms with van der Waals surface area (Å²) in [6.45, 7) is 7.06. The van der Waals surface area contributed by atoms with Gasteiger partial charge in [-0.1, -0.05) is 32.9 Å². The molecule has 0 aromatic heterocycles. The van der Waals surface area contributed by atoms with Gasteiger partial charge in [-0.2, -0.15) is 0 Å². The highest BCUT2D eigenvalue weighted by Gasteiger charge is 2.25. The average Bonchev–Trinajstić information content (AvgIpc) is 3.08. The number of rotatable bonds is 4. The van der Waals surface area contributed by atoms with Gasteiger partial charge in [-0.3, -0.25) is 0 Å². The zero-order chi connectivity index (χ0) is 13.3. The fraction of sp³-hybridized carbons (Fsp3) is 0.571. The van der Waals surface area contributed by atoms with Crippen molar-refractivity contribution in [1.82, 2.24) is 0 Å². The Labute approximate surface area is 109 Å². The molecule has 1 aliphatic rings. The molecule has 2 rings (SSSR count). The minimum absolute atomic E-state index is 0.0244. The van der Waals surface area contributed by atoms with Crippen LogP contribution < -0.4 is 10.2 Å². The topological polar surface area (TPSA) is 49.7 Å². The van der Waals surface area contributed by atoms with Crippen LogP contribution in [0.2, 0.25) is 0 Å². The number of ether oxygens (including phenoxy) is 1. The van der Waals surface area contributed by atoms with Crippen molar-refractivity contribution in [2.75, 3.05) is 6.61 Å². The fourth-order valence-corrected chi connectivity index (χ4v) is 1.83. The van der Waals surface area contributed by atoms with E-state index in [-0.39, 0.29) is 5.41 Å². The Kier molecular flexibility index (Phi) is 3.69. The van der Waals surface area contributed by atoms with Crippen LogP contribution in [0, 0.1) is 5.92 Å². The summed E-state index contributed by atoms with van der Waals surface area (Å²) in [6.07, 6.45) is 2.44. The molecule has 0 spiro atoms. The average molecular weight is 248 g/mol. The maximum absolute atomic E-state index is 9.35. The third-order valence-corrected chi connectivity index (χ3v) is 3.33. The summed E-state index contributed by atoms with van der Waals surface area (Å²) < 4.78 is 5.74. The van der Waals surface area contributed by atoms with E-state index < -0.39 is 7.12 Å². The molecule has 0 saturated heterocycles. The van der Waals surface area contributed by atoms with Crippen LogP contribution in [-0.4, -0.2) is 23.8 Å². The van der Waals surface area contributed by atoms with Crippen molar-refractivity contribution in [1.29, 1.82) is 0 Å². The molecule has 3 nitrogen and oxygen atoms in total. The van der Waals surface area contributed by atoms with E-state index in [9.17, 15) is 10.0 Å². The Bertz CT molecular complexity index is 420. The summed E-state index contributed by atoms with van der Waals surface area (Å²) in [5, 5.41) is 18.7. The lowest BCUT2D eigenvalue weighted by molar-refractivity contribution is 0.299. The third-order valence-electron chi connectivity index (χ3n) is 3.33. The molecule has 1 aromatic carbocycles. The molecule has 0 atom stereocenters. The smallest absolute Gasteiger partial charge is 0.492 e. The Hall–Kier alpha value is -0.995. The maximum Gasteiger partial charge on any atom is 0.492 e. The molecule has 0 unspecified atom stereocenters. The van der Waals surface area contributed by atoms with Gasteiger partial charge in [-0.25, -0.2) is 0 Å². The molecule has 0 bridgehead atoms. The van der Waals surface area contributed by atoms with Crippen molar-refractivity contribution in [2.24, 2.45) is 5.92 Å². The molecule has 4 heteroatoms. The molecule has 0 radical (unpaired) electrons. The van der Waals surface area contributed by atoms with Crippen molar-refractivity contribution in [2.45, 2.75) is 39.0 Å². The predicted molar refractivity (Wildman–Crippen MR) is 73.2 cm³/mol. The summed E-state index contributed by atoms with van der Waals surface area (Å²) >= 11 is 0.